The molecule has 6 heteroatoms. The Kier molecular flexibility index (Phi) is 4.79. The molecule has 0 aromatic carbocycles. The molecule has 1 rings (SSSR count). The normalized spacial score (nSPS) is 12.6. The number of hydrogen-bond donors (Lipinski definition) is 3. The van der Waals surface area contributed by atoms with Gasteiger partial charge >= 0.3 is 0 Å². The molecule has 0 saturated carbocycles. The number of nitrogens with two attached hydrogens (primary N) is 2. The van der Waals surface area contributed by atoms with Crippen LogP contribution in [-0.2, 0) is 11.3 Å². The van der Waals surface area contributed by atoms with E-state index in [2.05, 4.69) is 10.4 Å². The quantitative estimate of drug-likeness (QED) is 0.487. The molecule has 1 unspecified atom stereocenters. The molecule has 1 amide bonds. The SMILES string of the molecule is NC(=O)C(N)CNCCCn1cccn1. The number of carbonyl (C=O) groups is 1. The predicted octanol–water partition coefficient (Wildman–Crippen LogP) is -1.32. The zero-order chi connectivity index (χ0) is 11.1. The van der Waals surface area contributed by atoms with E-state index in [1.165, 1.54) is 0 Å². The maximum Gasteiger partial charge on any atom is 0.235 e. The predicted molar refractivity (Wildman–Crippen MR) is 56.9 cm³/mol. The lowest BCUT2D eigenvalue weighted by Crippen LogP contribution is -2.44. The molecule has 0 spiro atoms. The van der Waals surface area contributed by atoms with Gasteiger partial charge in [0.25, 0.3) is 0 Å². The summed E-state index contributed by atoms with van der Waals surface area (Å²) in [6.45, 7) is 2.07. The summed E-state index contributed by atoms with van der Waals surface area (Å²) in [6.07, 6.45) is 4.60. The number of nitrogens with one attached hydrogen (secondary N) is 1. The highest BCUT2D eigenvalue weighted by Crippen LogP contribution is 1.87. The van der Waals surface area contributed by atoms with Crippen LogP contribution in [0, 0.1) is 0 Å². The summed E-state index contributed by atoms with van der Waals surface area (Å²) in [5.74, 6) is -0.477. The van der Waals surface area contributed by atoms with Crippen LogP contribution in [0.4, 0.5) is 0 Å². The first kappa shape index (κ1) is 11.7. The summed E-state index contributed by atoms with van der Waals surface area (Å²) in [7, 11) is 0. The Morgan fingerprint density at radius 1 is 1.60 bits per heavy atom. The Balaban J connectivity index is 2.00. The van der Waals surface area contributed by atoms with Crippen LogP contribution in [-0.4, -0.2) is 34.8 Å². The summed E-state index contributed by atoms with van der Waals surface area (Å²) in [4.78, 5) is 10.6. The molecule has 0 radical (unpaired) electrons. The maximum absolute atomic E-state index is 10.6. The van der Waals surface area contributed by atoms with E-state index >= 15 is 0 Å². The van der Waals surface area contributed by atoms with E-state index in [0.717, 1.165) is 19.5 Å². The van der Waals surface area contributed by atoms with Gasteiger partial charge in [0.1, 0.15) is 0 Å². The van der Waals surface area contributed by atoms with Crippen molar-refractivity contribution in [2.45, 2.75) is 19.0 Å². The maximum atomic E-state index is 10.6. The third-order valence-electron chi connectivity index (χ3n) is 2.03. The molecule has 0 aliphatic rings. The first-order valence-corrected chi connectivity index (χ1v) is 4.93. The van der Waals surface area contributed by atoms with Crippen LogP contribution in [0.25, 0.3) is 0 Å². The lowest BCUT2D eigenvalue weighted by Gasteiger charge is -2.08. The van der Waals surface area contributed by atoms with Crippen molar-refractivity contribution < 1.29 is 4.79 Å². The lowest BCUT2D eigenvalue weighted by atomic mass is 10.3. The molecule has 0 saturated heterocycles. The summed E-state index contributed by atoms with van der Waals surface area (Å²) in [6, 6.07) is 1.28. The molecule has 1 atom stereocenters. The molecule has 0 bridgehead atoms. The minimum atomic E-state index is -0.602. The number of carbonyl (C=O) groups excluding carboxylic acids is 1. The summed E-state index contributed by atoms with van der Waals surface area (Å²) in [5.41, 5.74) is 10.4. The molecule has 0 aliphatic heterocycles. The smallest absolute Gasteiger partial charge is 0.235 e. The zero-order valence-electron chi connectivity index (χ0n) is 8.60. The fourth-order valence-corrected chi connectivity index (χ4v) is 1.16. The van der Waals surface area contributed by atoms with Gasteiger partial charge in [-0.2, -0.15) is 5.10 Å². The monoisotopic (exact) mass is 211 g/mol. The van der Waals surface area contributed by atoms with Crippen molar-refractivity contribution >= 4 is 5.91 Å². The fourth-order valence-electron chi connectivity index (χ4n) is 1.16. The van der Waals surface area contributed by atoms with Gasteiger partial charge in [-0.25, -0.2) is 0 Å². The molecule has 1 heterocycles. The van der Waals surface area contributed by atoms with Crippen molar-refractivity contribution in [1.82, 2.24) is 15.1 Å². The van der Waals surface area contributed by atoms with Gasteiger partial charge in [0.15, 0.2) is 0 Å². The zero-order valence-corrected chi connectivity index (χ0v) is 8.60. The van der Waals surface area contributed by atoms with Crippen LogP contribution in [0.15, 0.2) is 18.5 Å². The van der Waals surface area contributed by atoms with Gasteiger partial charge in [-0.3, -0.25) is 9.48 Å². The highest BCUT2D eigenvalue weighted by Gasteiger charge is 2.06. The van der Waals surface area contributed by atoms with Crippen molar-refractivity contribution in [3.8, 4) is 0 Å². The second kappa shape index (κ2) is 6.15. The van der Waals surface area contributed by atoms with E-state index in [4.69, 9.17) is 11.5 Å². The highest BCUT2D eigenvalue weighted by atomic mass is 16.1. The molecule has 1 aromatic heterocycles. The van der Waals surface area contributed by atoms with E-state index in [9.17, 15) is 4.79 Å². The van der Waals surface area contributed by atoms with Crippen LogP contribution in [0.1, 0.15) is 6.42 Å². The number of aromatic nitrogens is 2. The van der Waals surface area contributed by atoms with Crippen molar-refractivity contribution in [3.05, 3.63) is 18.5 Å². The molecular weight excluding hydrogens is 194 g/mol. The Labute approximate surface area is 88.6 Å². The Morgan fingerprint density at radius 2 is 2.40 bits per heavy atom. The molecule has 84 valence electrons. The van der Waals surface area contributed by atoms with E-state index in [1.807, 2.05) is 16.9 Å². The van der Waals surface area contributed by atoms with Crippen LogP contribution in [0.2, 0.25) is 0 Å². The molecule has 0 fully saturated rings. The number of hydrogen-bond acceptors (Lipinski definition) is 4. The largest absolute Gasteiger partial charge is 0.368 e. The van der Waals surface area contributed by atoms with Crippen molar-refractivity contribution in [2.75, 3.05) is 13.1 Å². The molecule has 0 aliphatic carbocycles. The van der Waals surface area contributed by atoms with Gasteiger partial charge in [0.05, 0.1) is 6.04 Å². The van der Waals surface area contributed by atoms with Gasteiger partial charge in [-0.1, -0.05) is 0 Å². The van der Waals surface area contributed by atoms with Crippen molar-refractivity contribution in [2.24, 2.45) is 11.5 Å². The van der Waals surface area contributed by atoms with E-state index < -0.39 is 11.9 Å². The average Bonchev–Trinajstić information content (AvgIpc) is 2.69. The topological polar surface area (TPSA) is 99.0 Å². The Morgan fingerprint density at radius 3 is 3.00 bits per heavy atom. The first-order chi connectivity index (χ1) is 7.20. The molecule has 15 heavy (non-hydrogen) atoms. The van der Waals surface area contributed by atoms with E-state index in [1.54, 1.807) is 6.20 Å². The summed E-state index contributed by atoms with van der Waals surface area (Å²) < 4.78 is 1.86. The van der Waals surface area contributed by atoms with Gasteiger partial charge in [-0.15, -0.1) is 0 Å². The van der Waals surface area contributed by atoms with E-state index in [-0.39, 0.29) is 0 Å². The molecule has 6 nitrogen and oxygen atoms in total. The lowest BCUT2D eigenvalue weighted by molar-refractivity contribution is -0.119. The number of primary amides is 1. The summed E-state index contributed by atoms with van der Waals surface area (Å²) >= 11 is 0. The number of nitrogens with zero attached hydrogens (tertiary/aromatic N) is 2. The average molecular weight is 211 g/mol. The van der Waals surface area contributed by atoms with Gasteiger partial charge in [-0.05, 0) is 19.0 Å². The van der Waals surface area contributed by atoms with Crippen LogP contribution in [0.5, 0.6) is 0 Å². The van der Waals surface area contributed by atoms with Gasteiger partial charge < -0.3 is 16.8 Å². The van der Waals surface area contributed by atoms with E-state index in [0.29, 0.717) is 6.54 Å². The third-order valence-corrected chi connectivity index (χ3v) is 2.03. The third kappa shape index (κ3) is 4.57. The van der Waals surface area contributed by atoms with Crippen molar-refractivity contribution in [1.29, 1.82) is 0 Å². The summed E-state index contributed by atoms with van der Waals surface area (Å²) in [5, 5.41) is 7.13. The van der Waals surface area contributed by atoms with Crippen LogP contribution < -0.4 is 16.8 Å². The second-order valence-corrected chi connectivity index (χ2v) is 3.34. The number of amides is 1. The second-order valence-electron chi connectivity index (χ2n) is 3.34. The van der Waals surface area contributed by atoms with Gasteiger partial charge in [0.2, 0.25) is 5.91 Å². The first-order valence-electron chi connectivity index (χ1n) is 4.93. The minimum Gasteiger partial charge on any atom is -0.368 e. The number of rotatable bonds is 7. The molecule has 1 aromatic rings. The molecular formula is C9H17N5O. The number of aryl methyl sites for hydroxylation is 1. The fraction of sp³-hybridized carbons (Fsp3) is 0.556. The van der Waals surface area contributed by atoms with Crippen LogP contribution >= 0.6 is 0 Å². The standard InChI is InChI=1S/C9H17N5O/c10-8(9(11)15)7-12-3-1-5-14-6-2-4-13-14/h2,4,6,8,12H,1,3,5,7,10H2,(H2,11,15). The Bertz CT molecular complexity index is 285. The van der Waals surface area contributed by atoms with Crippen molar-refractivity contribution in [3.63, 3.8) is 0 Å². The van der Waals surface area contributed by atoms with Gasteiger partial charge in [0, 0.05) is 25.5 Å². The minimum absolute atomic E-state index is 0.425. The molecule has 5 N–H and O–H groups in total. The Hall–Kier alpha value is -1.40. The highest BCUT2D eigenvalue weighted by molar-refractivity contribution is 5.79. The van der Waals surface area contributed by atoms with Crippen LogP contribution in [0.3, 0.4) is 0 Å².